The zero-order valence-electron chi connectivity index (χ0n) is 17.0. The Morgan fingerprint density at radius 1 is 1.18 bits per heavy atom. The van der Waals surface area contributed by atoms with Crippen LogP contribution in [0.2, 0.25) is 10.0 Å². The number of hydrogen-bond donors (Lipinski definition) is 3. The molecule has 33 heavy (non-hydrogen) atoms. The number of carbonyl (C=O) groups excluding carboxylic acids is 1. The van der Waals surface area contributed by atoms with Gasteiger partial charge >= 0.3 is 6.18 Å². The van der Waals surface area contributed by atoms with Gasteiger partial charge in [-0.1, -0.05) is 30.1 Å². The molecule has 0 saturated heterocycles. The molecule has 0 aliphatic heterocycles. The molecule has 0 bridgehead atoms. The second kappa shape index (κ2) is 9.77. The van der Waals surface area contributed by atoms with Crippen LogP contribution < -0.4 is 21.9 Å². The van der Waals surface area contributed by atoms with Gasteiger partial charge in [0, 0.05) is 12.7 Å². The SMILES string of the molecule is CCNCc1cncc(NC(=O)c2c(N)ncn(-c3c(Cl)cc(C(F)(F)F)cc3Cl)c2=O)c1. The van der Waals surface area contributed by atoms with Crippen molar-refractivity contribution in [2.45, 2.75) is 19.6 Å². The van der Waals surface area contributed by atoms with Crippen LogP contribution in [0.4, 0.5) is 24.7 Å². The van der Waals surface area contributed by atoms with Crippen LogP contribution in [0.3, 0.4) is 0 Å². The van der Waals surface area contributed by atoms with Crippen LogP contribution in [0, 0.1) is 0 Å². The third-order valence-corrected chi connectivity index (χ3v) is 5.02. The van der Waals surface area contributed by atoms with Gasteiger partial charge in [0.05, 0.1) is 33.2 Å². The molecule has 0 fully saturated rings. The smallest absolute Gasteiger partial charge is 0.383 e. The van der Waals surface area contributed by atoms with Crippen molar-refractivity contribution in [2.24, 2.45) is 0 Å². The molecule has 2 heterocycles. The number of halogens is 5. The Kier molecular flexibility index (Phi) is 7.25. The van der Waals surface area contributed by atoms with Crippen molar-refractivity contribution in [1.82, 2.24) is 19.9 Å². The van der Waals surface area contributed by atoms with Crippen LogP contribution >= 0.6 is 23.2 Å². The molecule has 0 saturated carbocycles. The lowest BCUT2D eigenvalue weighted by atomic mass is 10.2. The van der Waals surface area contributed by atoms with Crippen LogP contribution in [-0.2, 0) is 12.7 Å². The largest absolute Gasteiger partial charge is 0.416 e. The highest BCUT2D eigenvalue weighted by Gasteiger charge is 2.32. The third-order valence-electron chi connectivity index (χ3n) is 4.45. The van der Waals surface area contributed by atoms with E-state index in [1.54, 1.807) is 12.3 Å². The number of rotatable bonds is 6. The summed E-state index contributed by atoms with van der Waals surface area (Å²) in [6, 6.07) is 2.89. The number of nitrogen functional groups attached to an aromatic ring is 1. The molecule has 3 aromatic rings. The number of nitrogens with zero attached hydrogens (tertiary/aromatic N) is 3. The van der Waals surface area contributed by atoms with Crippen molar-refractivity contribution in [1.29, 1.82) is 0 Å². The van der Waals surface area contributed by atoms with Gasteiger partial charge in [-0.25, -0.2) is 4.98 Å². The Morgan fingerprint density at radius 2 is 1.85 bits per heavy atom. The predicted molar refractivity (Wildman–Crippen MR) is 119 cm³/mol. The highest BCUT2D eigenvalue weighted by atomic mass is 35.5. The van der Waals surface area contributed by atoms with Gasteiger partial charge in [0.15, 0.2) is 0 Å². The fraction of sp³-hybridized carbons (Fsp3) is 0.200. The van der Waals surface area contributed by atoms with E-state index in [2.05, 4.69) is 20.6 Å². The summed E-state index contributed by atoms with van der Waals surface area (Å²) in [6.07, 6.45) is -0.788. The van der Waals surface area contributed by atoms with E-state index in [-0.39, 0.29) is 11.5 Å². The summed E-state index contributed by atoms with van der Waals surface area (Å²) in [5.74, 6) is -1.27. The van der Waals surface area contributed by atoms with Gasteiger partial charge in [-0.15, -0.1) is 0 Å². The third kappa shape index (κ3) is 5.44. The first kappa shape index (κ1) is 24.5. The summed E-state index contributed by atoms with van der Waals surface area (Å²) in [6.45, 7) is 3.18. The van der Waals surface area contributed by atoms with Gasteiger partial charge in [-0.3, -0.25) is 19.1 Å². The van der Waals surface area contributed by atoms with Crippen molar-refractivity contribution in [3.05, 3.63) is 74.0 Å². The van der Waals surface area contributed by atoms with Gasteiger partial charge < -0.3 is 16.4 Å². The summed E-state index contributed by atoms with van der Waals surface area (Å²) in [7, 11) is 0. The van der Waals surface area contributed by atoms with Crippen molar-refractivity contribution in [3.63, 3.8) is 0 Å². The van der Waals surface area contributed by atoms with E-state index in [1.807, 2.05) is 6.92 Å². The van der Waals surface area contributed by atoms with Gasteiger partial charge in [-0.05, 0) is 30.3 Å². The number of hydrogen-bond acceptors (Lipinski definition) is 6. The fourth-order valence-electron chi connectivity index (χ4n) is 2.91. The molecule has 1 aromatic carbocycles. The second-order valence-electron chi connectivity index (χ2n) is 6.78. The zero-order chi connectivity index (χ0) is 24.3. The van der Waals surface area contributed by atoms with Crippen molar-refractivity contribution < 1.29 is 18.0 Å². The Labute approximate surface area is 195 Å². The highest BCUT2D eigenvalue weighted by molar-refractivity contribution is 6.37. The Balaban J connectivity index is 2.01. The lowest BCUT2D eigenvalue weighted by molar-refractivity contribution is -0.137. The summed E-state index contributed by atoms with van der Waals surface area (Å²) < 4.78 is 39.8. The number of alkyl halides is 3. The van der Waals surface area contributed by atoms with E-state index in [1.165, 1.54) is 6.20 Å². The quantitative estimate of drug-likeness (QED) is 0.472. The molecule has 1 amide bonds. The number of anilines is 2. The minimum atomic E-state index is -4.70. The first-order chi connectivity index (χ1) is 15.5. The minimum Gasteiger partial charge on any atom is -0.383 e. The summed E-state index contributed by atoms with van der Waals surface area (Å²) in [5.41, 5.74) is 3.96. The maximum Gasteiger partial charge on any atom is 0.416 e. The van der Waals surface area contributed by atoms with Crippen LogP contribution in [0.25, 0.3) is 5.69 Å². The Bertz CT molecular complexity index is 1240. The van der Waals surface area contributed by atoms with Crippen LogP contribution in [-0.4, -0.2) is 27.0 Å². The summed E-state index contributed by atoms with van der Waals surface area (Å²) in [5, 5.41) is 4.70. The number of nitrogens with two attached hydrogens (primary N) is 1. The van der Waals surface area contributed by atoms with E-state index in [0.717, 1.165) is 23.0 Å². The number of pyridine rings is 1. The minimum absolute atomic E-state index is 0.271. The molecular formula is C20H17Cl2F3N6O2. The fourth-order valence-corrected chi connectivity index (χ4v) is 3.58. The lowest BCUT2D eigenvalue weighted by Crippen LogP contribution is -2.31. The second-order valence-corrected chi connectivity index (χ2v) is 7.60. The van der Waals surface area contributed by atoms with Crippen molar-refractivity contribution in [3.8, 4) is 5.69 Å². The molecule has 0 atom stereocenters. The zero-order valence-corrected chi connectivity index (χ0v) is 18.5. The maximum absolute atomic E-state index is 13.0. The molecule has 4 N–H and O–H groups in total. The monoisotopic (exact) mass is 500 g/mol. The standard InChI is InChI=1S/C20H17Cl2F3N6O2/c1-2-27-6-10-3-12(8-28-7-10)30-18(32)15-17(26)29-9-31(19(15)33)16-13(21)4-11(5-14(16)22)20(23,24)25/h3-5,7-9,27H,2,6,26H2,1H3,(H,30,32). The number of aromatic nitrogens is 3. The summed E-state index contributed by atoms with van der Waals surface area (Å²) >= 11 is 12.0. The summed E-state index contributed by atoms with van der Waals surface area (Å²) in [4.78, 5) is 33.7. The van der Waals surface area contributed by atoms with E-state index in [4.69, 9.17) is 28.9 Å². The Hall–Kier alpha value is -3.15. The molecule has 0 spiro atoms. The average molecular weight is 501 g/mol. The number of amides is 1. The molecule has 0 radical (unpaired) electrons. The molecule has 174 valence electrons. The molecule has 3 rings (SSSR count). The molecule has 0 unspecified atom stereocenters. The normalized spacial score (nSPS) is 11.5. The maximum atomic E-state index is 13.0. The highest BCUT2D eigenvalue weighted by Crippen LogP contribution is 2.37. The van der Waals surface area contributed by atoms with Crippen molar-refractivity contribution in [2.75, 3.05) is 17.6 Å². The van der Waals surface area contributed by atoms with Gasteiger partial charge in [0.1, 0.15) is 17.7 Å². The number of carbonyl (C=O) groups is 1. The van der Waals surface area contributed by atoms with E-state index < -0.39 is 38.8 Å². The van der Waals surface area contributed by atoms with Gasteiger partial charge in [-0.2, -0.15) is 13.2 Å². The van der Waals surface area contributed by atoms with Crippen LogP contribution in [0.5, 0.6) is 0 Å². The number of benzene rings is 1. The predicted octanol–water partition coefficient (Wildman–Crippen LogP) is 3.90. The number of nitrogens with one attached hydrogen (secondary N) is 2. The molecule has 2 aromatic heterocycles. The first-order valence-electron chi connectivity index (χ1n) is 9.42. The molecule has 0 aliphatic rings. The first-order valence-corrected chi connectivity index (χ1v) is 10.2. The molecule has 8 nitrogen and oxygen atoms in total. The molecule has 13 heteroatoms. The van der Waals surface area contributed by atoms with Crippen LogP contribution in [0.1, 0.15) is 28.4 Å². The Morgan fingerprint density at radius 3 is 2.45 bits per heavy atom. The topological polar surface area (TPSA) is 115 Å². The van der Waals surface area contributed by atoms with Gasteiger partial charge in [0.2, 0.25) is 0 Å². The average Bonchev–Trinajstić information content (AvgIpc) is 2.73. The molecular weight excluding hydrogens is 484 g/mol. The van der Waals surface area contributed by atoms with E-state index >= 15 is 0 Å². The van der Waals surface area contributed by atoms with Crippen molar-refractivity contribution >= 4 is 40.6 Å². The van der Waals surface area contributed by atoms with Crippen LogP contribution in [0.15, 0.2) is 41.7 Å². The lowest BCUT2D eigenvalue weighted by Gasteiger charge is -2.15. The van der Waals surface area contributed by atoms with E-state index in [0.29, 0.717) is 24.4 Å². The van der Waals surface area contributed by atoms with Gasteiger partial charge in [0.25, 0.3) is 11.5 Å². The van der Waals surface area contributed by atoms with E-state index in [9.17, 15) is 22.8 Å². The molecule has 0 aliphatic carbocycles.